The van der Waals surface area contributed by atoms with E-state index in [-0.39, 0.29) is 5.82 Å². The molecule has 0 aliphatic heterocycles. The van der Waals surface area contributed by atoms with Crippen LogP contribution >= 0.6 is 23.4 Å². The summed E-state index contributed by atoms with van der Waals surface area (Å²) in [5, 5.41) is 1.03. The van der Waals surface area contributed by atoms with E-state index < -0.39 is 0 Å². The molecule has 20 heavy (non-hydrogen) atoms. The smallest absolute Gasteiger partial charge is 0.257 e. The Bertz CT molecular complexity index is 775. The maximum Gasteiger partial charge on any atom is 0.257 e. The van der Waals surface area contributed by atoms with E-state index >= 15 is 0 Å². The Balaban J connectivity index is 1.81. The fourth-order valence-electron chi connectivity index (χ4n) is 1.78. The van der Waals surface area contributed by atoms with Gasteiger partial charge in [-0.1, -0.05) is 23.4 Å². The maximum atomic E-state index is 13.2. The normalized spacial score (nSPS) is 11.1. The number of hydrogen-bond donors (Lipinski definition) is 1. The Kier molecular flexibility index (Phi) is 3.54. The second kappa shape index (κ2) is 5.34. The molecule has 2 aromatic carbocycles. The largest absolute Gasteiger partial charge is 0.431 e. The molecule has 0 amide bonds. The number of fused-ring (bicyclic) bond motifs is 1. The molecule has 0 radical (unpaired) electrons. The molecule has 0 saturated carbocycles. The van der Waals surface area contributed by atoms with E-state index in [1.807, 2.05) is 0 Å². The van der Waals surface area contributed by atoms with Crippen LogP contribution in [0.1, 0.15) is 5.56 Å². The molecule has 0 spiro atoms. The summed E-state index contributed by atoms with van der Waals surface area (Å²) in [7, 11) is 0. The predicted molar refractivity (Wildman–Crippen MR) is 79.4 cm³/mol. The molecule has 6 heteroatoms. The van der Waals surface area contributed by atoms with Gasteiger partial charge < -0.3 is 10.2 Å². The van der Waals surface area contributed by atoms with Gasteiger partial charge in [0.15, 0.2) is 5.58 Å². The van der Waals surface area contributed by atoms with Crippen molar-refractivity contribution in [3.8, 4) is 0 Å². The van der Waals surface area contributed by atoms with E-state index in [9.17, 15) is 4.39 Å². The maximum absolute atomic E-state index is 13.2. The first-order valence-electron chi connectivity index (χ1n) is 5.84. The van der Waals surface area contributed by atoms with Crippen LogP contribution in [-0.2, 0) is 5.75 Å². The Morgan fingerprint density at radius 3 is 2.95 bits per heavy atom. The molecule has 102 valence electrons. The van der Waals surface area contributed by atoms with Crippen LogP contribution in [0.2, 0.25) is 5.02 Å². The molecule has 0 bridgehead atoms. The van der Waals surface area contributed by atoms with E-state index in [2.05, 4.69) is 4.98 Å². The monoisotopic (exact) mass is 308 g/mol. The molecule has 0 fully saturated rings. The summed E-state index contributed by atoms with van der Waals surface area (Å²) in [5.41, 5.74) is 8.39. The summed E-state index contributed by atoms with van der Waals surface area (Å²) in [6, 6.07) is 9.58. The third-order valence-corrected chi connectivity index (χ3v) is 4.00. The summed E-state index contributed by atoms with van der Waals surface area (Å²) in [6.45, 7) is 0. The highest BCUT2D eigenvalue weighted by Crippen LogP contribution is 2.29. The van der Waals surface area contributed by atoms with Crippen molar-refractivity contribution in [1.82, 2.24) is 4.98 Å². The number of hydrogen-bond acceptors (Lipinski definition) is 4. The highest BCUT2D eigenvalue weighted by molar-refractivity contribution is 7.98. The van der Waals surface area contributed by atoms with Gasteiger partial charge >= 0.3 is 0 Å². The molecule has 1 heterocycles. The van der Waals surface area contributed by atoms with Crippen LogP contribution < -0.4 is 5.73 Å². The van der Waals surface area contributed by atoms with Gasteiger partial charge in [-0.3, -0.25) is 0 Å². The number of rotatable bonds is 3. The number of thioether (sulfide) groups is 1. The first kappa shape index (κ1) is 13.3. The van der Waals surface area contributed by atoms with Gasteiger partial charge in [0, 0.05) is 22.5 Å². The molecular weight excluding hydrogens is 299 g/mol. The Morgan fingerprint density at radius 2 is 2.10 bits per heavy atom. The zero-order chi connectivity index (χ0) is 14.1. The third-order valence-electron chi connectivity index (χ3n) is 2.75. The van der Waals surface area contributed by atoms with Gasteiger partial charge in [0.05, 0.1) is 0 Å². The van der Waals surface area contributed by atoms with E-state index in [1.165, 1.54) is 23.9 Å². The molecule has 0 aliphatic rings. The van der Waals surface area contributed by atoms with Crippen LogP contribution in [-0.4, -0.2) is 4.98 Å². The summed E-state index contributed by atoms with van der Waals surface area (Å²) >= 11 is 7.37. The molecule has 0 aliphatic carbocycles. The summed E-state index contributed by atoms with van der Waals surface area (Å²) < 4.78 is 18.7. The van der Waals surface area contributed by atoms with Crippen molar-refractivity contribution in [2.24, 2.45) is 0 Å². The number of halogens is 2. The van der Waals surface area contributed by atoms with Crippen LogP contribution in [0.3, 0.4) is 0 Å². The Hall–Kier alpha value is -1.72. The first-order chi connectivity index (χ1) is 9.61. The second-order valence-electron chi connectivity index (χ2n) is 4.23. The molecule has 3 aromatic rings. The lowest BCUT2D eigenvalue weighted by Gasteiger charge is -2.01. The minimum Gasteiger partial charge on any atom is -0.431 e. The number of nitrogens with two attached hydrogens (primary N) is 1. The van der Waals surface area contributed by atoms with E-state index in [1.54, 1.807) is 24.3 Å². The molecule has 0 atom stereocenters. The summed E-state index contributed by atoms with van der Waals surface area (Å²) in [6.07, 6.45) is 0. The fourth-order valence-corrected chi connectivity index (χ4v) is 2.87. The van der Waals surface area contributed by atoms with Crippen molar-refractivity contribution in [3.05, 3.63) is 52.8 Å². The van der Waals surface area contributed by atoms with Crippen molar-refractivity contribution in [1.29, 1.82) is 0 Å². The van der Waals surface area contributed by atoms with Gasteiger partial charge in [0.1, 0.15) is 11.3 Å². The van der Waals surface area contributed by atoms with Crippen LogP contribution in [0.25, 0.3) is 11.1 Å². The lowest BCUT2D eigenvalue weighted by atomic mass is 10.2. The number of anilines is 1. The minimum absolute atomic E-state index is 0.310. The predicted octanol–water partition coefficient (Wildman–Crippen LogP) is 4.49. The van der Waals surface area contributed by atoms with Gasteiger partial charge in [-0.15, -0.1) is 0 Å². The third kappa shape index (κ3) is 2.73. The summed E-state index contributed by atoms with van der Waals surface area (Å²) in [5.74, 6) is 0.175. The Morgan fingerprint density at radius 1 is 1.25 bits per heavy atom. The van der Waals surface area contributed by atoms with Crippen LogP contribution in [0.4, 0.5) is 10.1 Å². The molecule has 3 rings (SSSR count). The van der Waals surface area contributed by atoms with Crippen molar-refractivity contribution in [2.45, 2.75) is 11.0 Å². The van der Waals surface area contributed by atoms with E-state index in [4.69, 9.17) is 21.8 Å². The van der Waals surface area contributed by atoms with Crippen LogP contribution in [0.15, 0.2) is 46.0 Å². The van der Waals surface area contributed by atoms with Crippen molar-refractivity contribution in [2.75, 3.05) is 5.73 Å². The lowest BCUT2D eigenvalue weighted by molar-refractivity contribution is 0.489. The zero-order valence-corrected chi connectivity index (χ0v) is 11.8. The number of benzene rings is 2. The molecular formula is C14H10ClFN2OS. The zero-order valence-electron chi connectivity index (χ0n) is 10.3. The molecule has 3 nitrogen and oxygen atoms in total. The quantitative estimate of drug-likeness (QED) is 0.572. The number of nitrogens with zero attached hydrogens (tertiary/aromatic N) is 1. The minimum atomic E-state index is -0.310. The topological polar surface area (TPSA) is 52.0 Å². The fraction of sp³-hybridized carbons (Fsp3) is 0.0714. The second-order valence-corrected chi connectivity index (χ2v) is 5.57. The van der Waals surface area contributed by atoms with Gasteiger partial charge in [-0.25, -0.2) is 9.37 Å². The van der Waals surface area contributed by atoms with Gasteiger partial charge in [-0.2, -0.15) is 0 Å². The number of nitrogen functional groups attached to an aromatic ring is 1. The standard InChI is InChI=1S/C14H10ClFN2OS/c15-11-3-1-9(16)5-8(11)7-20-14-18-12-4-2-10(17)6-13(12)19-14/h1-6H,7,17H2. The number of aromatic nitrogens is 1. The first-order valence-corrected chi connectivity index (χ1v) is 7.21. The molecule has 0 unspecified atom stereocenters. The van der Waals surface area contributed by atoms with Gasteiger partial charge in [-0.05, 0) is 35.9 Å². The van der Waals surface area contributed by atoms with Crippen molar-refractivity contribution in [3.63, 3.8) is 0 Å². The SMILES string of the molecule is Nc1ccc2nc(SCc3cc(F)ccc3Cl)oc2c1. The van der Waals surface area contributed by atoms with Crippen LogP contribution in [0, 0.1) is 5.82 Å². The van der Waals surface area contributed by atoms with Gasteiger partial charge in [0.25, 0.3) is 5.22 Å². The molecule has 1 aromatic heterocycles. The lowest BCUT2D eigenvalue weighted by Crippen LogP contribution is -1.85. The summed E-state index contributed by atoms with van der Waals surface area (Å²) in [4.78, 5) is 4.32. The average Bonchev–Trinajstić information content (AvgIpc) is 2.81. The Labute approximate surface area is 123 Å². The van der Waals surface area contributed by atoms with E-state index in [0.29, 0.717) is 32.8 Å². The number of oxazole rings is 1. The highest BCUT2D eigenvalue weighted by Gasteiger charge is 2.09. The van der Waals surface area contributed by atoms with E-state index in [0.717, 1.165) is 5.52 Å². The van der Waals surface area contributed by atoms with Gasteiger partial charge in [0.2, 0.25) is 0 Å². The molecule has 0 saturated heterocycles. The molecule has 2 N–H and O–H groups in total. The van der Waals surface area contributed by atoms with Crippen molar-refractivity contribution < 1.29 is 8.81 Å². The van der Waals surface area contributed by atoms with Crippen LogP contribution in [0.5, 0.6) is 0 Å². The average molecular weight is 309 g/mol. The van der Waals surface area contributed by atoms with Crippen molar-refractivity contribution >= 4 is 40.1 Å². The highest BCUT2D eigenvalue weighted by atomic mass is 35.5.